The summed E-state index contributed by atoms with van der Waals surface area (Å²) in [5.41, 5.74) is 8.09. The second-order valence-electron chi connectivity index (χ2n) is 5.17. The number of ether oxygens (including phenoxy) is 1. The Bertz CT molecular complexity index is 381. The van der Waals surface area contributed by atoms with Gasteiger partial charge in [-0.15, -0.1) is 0 Å². The van der Waals surface area contributed by atoms with Crippen LogP contribution >= 0.6 is 0 Å². The van der Waals surface area contributed by atoms with Crippen LogP contribution in [0.3, 0.4) is 0 Å². The van der Waals surface area contributed by atoms with Crippen LogP contribution in [0.1, 0.15) is 32.3 Å². The van der Waals surface area contributed by atoms with Gasteiger partial charge in [-0.3, -0.25) is 4.90 Å². The van der Waals surface area contributed by atoms with Crippen LogP contribution in [-0.2, 0) is 11.3 Å². The maximum Gasteiger partial charge on any atom is 0.0706 e. The summed E-state index contributed by atoms with van der Waals surface area (Å²) >= 11 is 0. The molecule has 100 valence electrons. The van der Waals surface area contributed by atoms with E-state index in [1.807, 2.05) is 18.2 Å². The summed E-state index contributed by atoms with van der Waals surface area (Å²) in [4.78, 5) is 2.41. The molecule has 1 fully saturated rings. The summed E-state index contributed by atoms with van der Waals surface area (Å²) in [6.07, 6.45) is 3.19. The van der Waals surface area contributed by atoms with E-state index in [1.54, 1.807) is 0 Å². The summed E-state index contributed by atoms with van der Waals surface area (Å²) in [5, 5.41) is 0. The fraction of sp³-hybridized carbons (Fsp3) is 0.600. The van der Waals surface area contributed by atoms with Crippen molar-refractivity contribution in [1.82, 2.24) is 4.90 Å². The molecule has 3 nitrogen and oxygen atoms in total. The Hall–Kier alpha value is -1.06. The molecule has 1 aromatic carbocycles. The van der Waals surface area contributed by atoms with Crippen molar-refractivity contribution in [2.45, 2.75) is 45.4 Å². The number of nitrogen functional groups attached to an aromatic ring is 1. The molecule has 0 saturated carbocycles. The van der Waals surface area contributed by atoms with Crippen LogP contribution in [0, 0.1) is 0 Å². The molecule has 2 atom stereocenters. The van der Waals surface area contributed by atoms with Crippen molar-refractivity contribution >= 4 is 5.69 Å². The molecule has 1 aliphatic rings. The van der Waals surface area contributed by atoms with Gasteiger partial charge in [-0.05, 0) is 37.9 Å². The average Bonchev–Trinajstić information content (AvgIpc) is 2.76. The minimum Gasteiger partial charge on any atom is -0.398 e. The van der Waals surface area contributed by atoms with E-state index >= 15 is 0 Å². The Labute approximate surface area is 110 Å². The minimum atomic E-state index is 0.393. The highest BCUT2D eigenvalue weighted by Crippen LogP contribution is 2.21. The van der Waals surface area contributed by atoms with E-state index in [-0.39, 0.29) is 0 Å². The quantitative estimate of drug-likeness (QED) is 0.814. The van der Waals surface area contributed by atoms with Gasteiger partial charge in [0.1, 0.15) is 0 Å². The number of anilines is 1. The second kappa shape index (κ2) is 6.21. The highest BCUT2D eigenvalue weighted by molar-refractivity contribution is 5.46. The predicted molar refractivity (Wildman–Crippen MR) is 75.4 cm³/mol. The molecule has 0 radical (unpaired) electrons. The van der Waals surface area contributed by atoms with Gasteiger partial charge in [-0.2, -0.15) is 0 Å². The summed E-state index contributed by atoms with van der Waals surface area (Å²) in [5.74, 6) is 0. The molecule has 0 bridgehead atoms. The van der Waals surface area contributed by atoms with Gasteiger partial charge >= 0.3 is 0 Å². The van der Waals surface area contributed by atoms with E-state index in [9.17, 15) is 0 Å². The SMILES string of the molecule is CCN(Cc1ccccc1N)CC1CCC(C)O1. The molecule has 1 saturated heterocycles. The van der Waals surface area contributed by atoms with E-state index in [1.165, 1.54) is 18.4 Å². The largest absolute Gasteiger partial charge is 0.398 e. The van der Waals surface area contributed by atoms with Crippen molar-refractivity contribution < 1.29 is 4.74 Å². The summed E-state index contributed by atoms with van der Waals surface area (Å²) < 4.78 is 5.89. The van der Waals surface area contributed by atoms with Gasteiger partial charge in [0, 0.05) is 18.8 Å². The molecule has 1 heterocycles. The molecular weight excluding hydrogens is 224 g/mol. The van der Waals surface area contributed by atoms with Crippen LogP contribution < -0.4 is 5.73 Å². The van der Waals surface area contributed by atoms with Crippen molar-refractivity contribution in [2.24, 2.45) is 0 Å². The standard InChI is InChI=1S/C15H24N2O/c1-3-17(11-14-9-8-12(2)18-14)10-13-6-4-5-7-15(13)16/h4-7,12,14H,3,8-11,16H2,1-2H3. The zero-order valence-corrected chi connectivity index (χ0v) is 11.4. The third-order valence-electron chi connectivity index (χ3n) is 3.68. The second-order valence-corrected chi connectivity index (χ2v) is 5.17. The summed E-state index contributed by atoms with van der Waals surface area (Å²) in [6.45, 7) is 7.30. The zero-order chi connectivity index (χ0) is 13.0. The van der Waals surface area contributed by atoms with Crippen molar-refractivity contribution in [3.8, 4) is 0 Å². The van der Waals surface area contributed by atoms with Gasteiger partial charge in [-0.1, -0.05) is 25.1 Å². The molecule has 0 spiro atoms. The number of para-hydroxylation sites is 1. The Morgan fingerprint density at radius 1 is 1.33 bits per heavy atom. The maximum absolute atomic E-state index is 6.00. The van der Waals surface area contributed by atoms with Gasteiger partial charge in [-0.25, -0.2) is 0 Å². The third-order valence-corrected chi connectivity index (χ3v) is 3.68. The van der Waals surface area contributed by atoms with Gasteiger partial charge in [0.15, 0.2) is 0 Å². The van der Waals surface area contributed by atoms with Crippen LogP contribution in [-0.4, -0.2) is 30.2 Å². The molecule has 0 aromatic heterocycles. The van der Waals surface area contributed by atoms with E-state index in [0.717, 1.165) is 25.3 Å². The molecule has 0 amide bonds. The van der Waals surface area contributed by atoms with Crippen LogP contribution in [0.5, 0.6) is 0 Å². The van der Waals surface area contributed by atoms with Crippen molar-refractivity contribution in [3.05, 3.63) is 29.8 Å². The molecule has 18 heavy (non-hydrogen) atoms. The lowest BCUT2D eigenvalue weighted by Crippen LogP contribution is -2.32. The van der Waals surface area contributed by atoms with Crippen molar-refractivity contribution in [3.63, 3.8) is 0 Å². The van der Waals surface area contributed by atoms with Crippen molar-refractivity contribution in [2.75, 3.05) is 18.8 Å². The van der Waals surface area contributed by atoms with E-state index in [0.29, 0.717) is 12.2 Å². The van der Waals surface area contributed by atoms with Gasteiger partial charge in [0.25, 0.3) is 0 Å². The van der Waals surface area contributed by atoms with Crippen molar-refractivity contribution in [1.29, 1.82) is 0 Å². The number of hydrogen-bond acceptors (Lipinski definition) is 3. The first kappa shape index (κ1) is 13.4. The van der Waals surface area contributed by atoms with Crippen LogP contribution in [0.15, 0.2) is 24.3 Å². The lowest BCUT2D eigenvalue weighted by molar-refractivity contribution is 0.0309. The normalized spacial score (nSPS) is 23.7. The Kier molecular flexibility index (Phi) is 4.61. The van der Waals surface area contributed by atoms with Gasteiger partial charge in [0.2, 0.25) is 0 Å². The summed E-state index contributed by atoms with van der Waals surface area (Å²) in [7, 11) is 0. The molecule has 3 heteroatoms. The Morgan fingerprint density at radius 2 is 2.11 bits per heavy atom. The van der Waals surface area contributed by atoms with Crippen LogP contribution in [0.4, 0.5) is 5.69 Å². The van der Waals surface area contributed by atoms with E-state index in [2.05, 4.69) is 24.8 Å². The number of nitrogens with zero attached hydrogens (tertiary/aromatic N) is 1. The number of hydrogen-bond donors (Lipinski definition) is 1. The molecule has 0 aliphatic carbocycles. The molecule has 1 aromatic rings. The first-order valence-corrected chi connectivity index (χ1v) is 6.90. The number of nitrogens with two attached hydrogens (primary N) is 1. The fourth-order valence-electron chi connectivity index (χ4n) is 2.53. The highest BCUT2D eigenvalue weighted by atomic mass is 16.5. The number of rotatable bonds is 5. The van der Waals surface area contributed by atoms with E-state index < -0.39 is 0 Å². The molecule has 2 rings (SSSR count). The molecular formula is C15H24N2O. The average molecular weight is 248 g/mol. The Balaban J connectivity index is 1.91. The smallest absolute Gasteiger partial charge is 0.0706 e. The van der Waals surface area contributed by atoms with Crippen LogP contribution in [0.25, 0.3) is 0 Å². The van der Waals surface area contributed by atoms with Gasteiger partial charge < -0.3 is 10.5 Å². The molecule has 2 N–H and O–H groups in total. The molecule has 1 aliphatic heterocycles. The minimum absolute atomic E-state index is 0.393. The topological polar surface area (TPSA) is 38.5 Å². The Morgan fingerprint density at radius 3 is 2.72 bits per heavy atom. The first-order valence-electron chi connectivity index (χ1n) is 6.90. The monoisotopic (exact) mass is 248 g/mol. The van der Waals surface area contributed by atoms with Gasteiger partial charge in [0.05, 0.1) is 12.2 Å². The lowest BCUT2D eigenvalue weighted by Gasteiger charge is -2.24. The number of likely N-dealkylation sites (N-methyl/N-ethyl adjacent to an activating group) is 1. The fourth-order valence-corrected chi connectivity index (χ4v) is 2.53. The van der Waals surface area contributed by atoms with Crippen LogP contribution in [0.2, 0.25) is 0 Å². The zero-order valence-electron chi connectivity index (χ0n) is 11.4. The molecule has 2 unspecified atom stereocenters. The maximum atomic E-state index is 6.00. The summed E-state index contributed by atoms with van der Waals surface area (Å²) in [6, 6.07) is 8.11. The predicted octanol–water partition coefficient (Wildman–Crippen LogP) is 2.66. The third kappa shape index (κ3) is 3.47. The number of benzene rings is 1. The first-order chi connectivity index (χ1) is 8.69. The lowest BCUT2D eigenvalue weighted by atomic mass is 10.1. The van der Waals surface area contributed by atoms with E-state index in [4.69, 9.17) is 10.5 Å². The highest BCUT2D eigenvalue weighted by Gasteiger charge is 2.23.